The molecule has 1 aromatic rings. The van der Waals surface area contributed by atoms with E-state index in [4.69, 9.17) is 17.2 Å². The minimum Gasteiger partial charge on any atom is -0.365 e. The summed E-state index contributed by atoms with van der Waals surface area (Å²) in [5.41, 5.74) is 1.06. The second kappa shape index (κ2) is 6.12. The molecule has 0 saturated carbocycles. The van der Waals surface area contributed by atoms with Crippen LogP contribution in [0.3, 0.4) is 0 Å². The van der Waals surface area contributed by atoms with Crippen molar-refractivity contribution in [2.45, 2.75) is 32.1 Å². The van der Waals surface area contributed by atoms with Crippen LogP contribution >= 0.6 is 12.6 Å². The average Bonchev–Trinajstić information content (AvgIpc) is 2.57. The van der Waals surface area contributed by atoms with Gasteiger partial charge in [0.05, 0.1) is 5.69 Å². The molecule has 0 spiro atoms. The van der Waals surface area contributed by atoms with Crippen molar-refractivity contribution >= 4 is 12.6 Å². The van der Waals surface area contributed by atoms with Gasteiger partial charge in [0.1, 0.15) is 6.26 Å². The largest absolute Gasteiger partial charge is 0.365 e. The summed E-state index contributed by atoms with van der Waals surface area (Å²) in [6, 6.07) is 1.92. The fraction of sp³-hybridized carbons (Fsp3) is 0.667. The lowest BCUT2D eigenvalue weighted by atomic mass is 10.1. The SMILES string of the molecule is [S]CCCCCCc1ccon1. The first-order valence-corrected chi connectivity index (χ1v) is 4.98. The third-order valence-corrected chi connectivity index (χ3v) is 2.11. The maximum Gasteiger partial charge on any atom is 0.124 e. The lowest BCUT2D eigenvalue weighted by molar-refractivity contribution is 0.410. The highest BCUT2D eigenvalue weighted by Gasteiger charge is 1.95. The molecule has 1 rings (SSSR count). The highest BCUT2D eigenvalue weighted by Crippen LogP contribution is 2.05. The number of unbranched alkanes of at least 4 members (excludes halogenated alkanes) is 3. The molecule has 0 aliphatic heterocycles. The number of aromatic nitrogens is 1. The van der Waals surface area contributed by atoms with Crippen LogP contribution in [0.25, 0.3) is 0 Å². The minimum absolute atomic E-state index is 0.893. The number of hydrogen-bond acceptors (Lipinski definition) is 2. The van der Waals surface area contributed by atoms with E-state index in [0.717, 1.165) is 17.9 Å². The topological polar surface area (TPSA) is 26.0 Å². The molecule has 0 aliphatic rings. The summed E-state index contributed by atoms with van der Waals surface area (Å²) < 4.78 is 4.73. The van der Waals surface area contributed by atoms with Gasteiger partial charge in [0, 0.05) is 11.8 Å². The highest BCUT2D eigenvalue weighted by atomic mass is 32.1. The molecule has 0 aromatic carbocycles. The van der Waals surface area contributed by atoms with E-state index >= 15 is 0 Å². The quantitative estimate of drug-likeness (QED) is 0.635. The number of rotatable bonds is 6. The summed E-state index contributed by atoms with van der Waals surface area (Å²) in [7, 11) is 0. The zero-order valence-electron chi connectivity index (χ0n) is 7.16. The van der Waals surface area contributed by atoms with Crippen molar-refractivity contribution in [3.8, 4) is 0 Å². The fourth-order valence-electron chi connectivity index (χ4n) is 1.13. The molecule has 1 aromatic heterocycles. The van der Waals surface area contributed by atoms with Crippen molar-refractivity contribution in [2.24, 2.45) is 0 Å². The van der Waals surface area contributed by atoms with E-state index < -0.39 is 0 Å². The number of hydrogen-bond donors (Lipinski definition) is 0. The lowest BCUT2D eigenvalue weighted by Gasteiger charge is -1.95. The van der Waals surface area contributed by atoms with Gasteiger partial charge in [0.25, 0.3) is 0 Å². The van der Waals surface area contributed by atoms with Crippen LogP contribution in [0.1, 0.15) is 31.4 Å². The smallest absolute Gasteiger partial charge is 0.124 e. The summed E-state index contributed by atoms with van der Waals surface area (Å²) in [6.45, 7) is 0. The summed E-state index contributed by atoms with van der Waals surface area (Å²) in [5.74, 6) is 0.893. The Morgan fingerprint density at radius 3 is 2.75 bits per heavy atom. The van der Waals surface area contributed by atoms with Gasteiger partial charge in [0.15, 0.2) is 0 Å². The van der Waals surface area contributed by atoms with Crippen molar-refractivity contribution in [2.75, 3.05) is 5.75 Å². The van der Waals surface area contributed by atoms with Crippen molar-refractivity contribution in [3.63, 3.8) is 0 Å². The third-order valence-electron chi connectivity index (χ3n) is 1.82. The molecule has 0 unspecified atom stereocenters. The average molecular weight is 184 g/mol. The third kappa shape index (κ3) is 3.81. The molecule has 0 saturated heterocycles. The molecule has 3 heteroatoms. The molecular formula is C9H14NOS. The Morgan fingerprint density at radius 1 is 1.25 bits per heavy atom. The molecule has 12 heavy (non-hydrogen) atoms. The van der Waals surface area contributed by atoms with Crippen molar-refractivity contribution in [1.29, 1.82) is 0 Å². The number of aryl methyl sites for hydroxylation is 1. The molecule has 0 amide bonds. The van der Waals surface area contributed by atoms with E-state index in [9.17, 15) is 0 Å². The van der Waals surface area contributed by atoms with Crippen LogP contribution in [0.5, 0.6) is 0 Å². The summed E-state index contributed by atoms with van der Waals surface area (Å²) in [4.78, 5) is 0. The van der Waals surface area contributed by atoms with Crippen molar-refractivity contribution in [3.05, 3.63) is 18.0 Å². The van der Waals surface area contributed by atoms with E-state index in [2.05, 4.69) is 5.16 Å². The van der Waals surface area contributed by atoms with Crippen LogP contribution in [0.15, 0.2) is 16.9 Å². The first kappa shape index (κ1) is 9.65. The molecule has 0 bridgehead atoms. The summed E-state index contributed by atoms with van der Waals surface area (Å²) in [5, 5.41) is 3.84. The van der Waals surface area contributed by atoms with E-state index in [-0.39, 0.29) is 0 Å². The standard InChI is InChI=1S/C9H14NOS/c12-8-4-2-1-3-5-9-6-7-11-10-9/h6-7H,1-5,8H2. The van der Waals surface area contributed by atoms with Gasteiger partial charge < -0.3 is 4.52 Å². The van der Waals surface area contributed by atoms with Gasteiger partial charge >= 0.3 is 0 Å². The van der Waals surface area contributed by atoms with Gasteiger partial charge in [-0.15, -0.1) is 0 Å². The van der Waals surface area contributed by atoms with Crippen LogP contribution in [0, 0.1) is 0 Å². The van der Waals surface area contributed by atoms with Crippen molar-refractivity contribution < 1.29 is 4.52 Å². The van der Waals surface area contributed by atoms with E-state index in [1.807, 2.05) is 6.07 Å². The van der Waals surface area contributed by atoms with Crippen LogP contribution < -0.4 is 0 Å². The molecule has 0 aliphatic carbocycles. The molecular weight excluding hydrogens is 170 g/mol. The Balaban J connectivity index is 1.96. The first-order valence-electron chi connectivity index (χ1n) is 4.41. The van der Waals surface area contributed by atoms with E-state index in [0.29, 0.717) is 0 Å². The molecule has 0 atom stereocenters. The zero-order valence-corrected chi connectivity index (χ0v) is 7.98. The van der Waals surface area contributed by atoms with Gasteiger partial charge in [0.2, 0.25) is 0 Å². The van der Waals surface area contributed by atoms with E-state index in [1.165, 1.54) is 25.7 Å². The lowest BCUT2D eigenvalue weighted by Crippen LogP contribution is -1.85. The Hall–Kier alpha value is -0.440. The van der Waals surface area contributed by atoms with Gasteiger partial charge in [-0.3, -0.25) is 0 Å². The molecule has 1 radical (unpaired) electrons. The van der Waals surface area contributed by atoms with Crippen molar-refractivity contribution in [1.82, 2.24) is 5.16 Å². The zero-order chi connectivity index (χ0) is 8.65. The van der Waals surface area contributed by atoms with Crippen LogP contribution in [-0.4, -0.2) is 10.9 Å². The Kier molecular flexibility index (Phi) is 4.92. The monoisotopic (exact) mass is 184 g/mol. The normalized spacial score (nSPS) is 10.4. The molecule has 1 heterocycles. The van der Waals surface area contributed by atoms with Gasteiger partial charge in [-0.1, -0.05) is 30.6 Å². The number of nitrogens with zero attached hydrogens (tertiary/aromatic N) is 1. The Morgan fingerprint density at radius 2 is 2.08 bits per heavy atom. The fourth-order valence-corrected chi connectivity index (χ4v) is 1.33. The second-order valence-electron chi connectivity index (χ2n) is 2.86. The Bertz CT molecular complexity index is 186. The molecule has 2 nitrogen and oxygen atoms in total. The first-order chi connectivity index (χ1) is 5.93. The van der Waals surface area contributed by atoms with Gasteiger partial charge in [-0.05, 0) is 19.3 Å². The molecule has 67 valence electrons. The summed E-state index contributed by atoms with van der Waals surface area (Å²) >= 11 is 4.85. The van der Waals surface area contributed by atoms with E-state index in [1.54, 1.807) is 6.26 Å². The Labute approximate surface area is 78.7 Å². The van der Waals surface area contributed by atoms with Gasteiger partial charge in [-0.2, -0.15) is 0 Å². The van der Waals surface area contributed by atoms with Crippen LogP contribution in [-0.2, 0) is 6.42 Å². The predicted octanol–water partition coefficient (Wildman–Crippen LogP) is 2.98. The van der Waals surface area contributed by atoms with Gasteiger partial charge in [-0.25, -0.2) is 0 Å². The second-order valence-corrected chi connectivity index (χ2v) is 3.27. The predicted molar refractivity (Wildman–Crippen MR) is 51.1 cm³/mol. The maximum absolute atomic E-state index is 4.85. The minimum atomic E-state index is 0.893. The molecule has 0 N–H and O–H groups in total. The molecule has 0 fully saturated rings. The van der Waals surface area contributed by atoms with Crippen LogP contribution in [0.2, 0.25) is 0 Å². The summed E-state index contributed by atoms with van der Waals surface area (Å²) in [6.07, 6.45) is 7.54. The highest BCUT2D eigenvalue weighted by molar-refractivity contribution is 7.80. The maximum atomic E-state index is 4.85. The van der Waals surface area contributed by atoms with Crippen LogP contribution in [0.4, 0.5) is 0 Å².